The van der Waals surface area contributed by atoms with Crippen LogP contribution in [0.5, 0.6) is 0 Å². The fourth-order valence-electron chi connectivity index (χ4n) is 2.28. The van der Waals surface area contributed by atoms with Gasteiger partial charge in [-0.3, -0.25) is 6.08 Å². The van der Waals surface area contributed by atoms with Gasteiger partial charge in [-0.15, -0.1) is 11.6 Å². The number of halogens is 5. The number of allylic oxidation sites excluding steroid dienone is 1. The van der Waals surface area contributed by atoms with Crippen LogP contribution in [0.3, 0.4) is 0 Å². The van der Waals surface area contributed by atoms with Crippen molar-refractivity contribution in [2.45, 2.75) is 5.92 Å². The summed E-state index contributed by atoms with van der Waals surface area (Å²) >= 11 is 0. The summed E-state index contributed by atoms with van der Waals surface area (Å²) in [4.78, 5) is 0. The predicted molar refractivity (Wildman–Crippen MR) is 62.2 cm³/mol. The molecule has 2 aromatic carbocycles. The Morgan fingerprint density at radius 1 is 0.762 bits per heavy atom. The predicted octanol–water partition coefficient (Wildman–Crippen LogP) is 1.35. The van der Waals surface area contributed by atoms with Crippen molar-refractivity contribution < 1.29 is 40.8 Å². The van der Waals surface area contributed by atoms with E-state index in [0.29, 0.717) is 11.1 Å². The number of hydrogen-bond acceptors (Lipinski definition) is 0. The zero-order valence-electron chi connectivity index (χ0n) is 10.9. The average molecular weight is 288 g/mol. The first-order valence-corrected chi connectivity index (χ1v) is 5.72. The first kappa shape index (κ1) is 15.8. The van der Waals surface area contributed by atoms with Crippen molar-refractivity contribution in [2.75, 3.05) is 0 Å². The number of benzene rings is 2. The minimum atomic E-state index is -2.15. The number of fused-ring (bicyclic) bond motifs is 1. The number of rotatable bonds is 1. The maximum atomic E-state index is 13.8. The summed E-state index contributed by atoms with van der Waals surface area (Å²) in [5.74, 6) is -10.8. The topological polar surface area (TPSA) is 0 Å². The Hall–Kier alpha value is -1.57. The van der Waals surface area contributed by atoms with Crippen LogP contribution in [0.25, 0.3) is 6.08 Å². The smallest absolute Gasteiger partial charge is 0.264 e. The SMILES string of the molecule is Fc1c(F)c(F)c(C2[C-]=Cc3ccccc32)c(F)c1F.[Li+]. The summed E-state index contributed by atoms with van der Waals surface area (Å²) in [6, 6.07) is 6.57. The van der Waals surface area contributed by atoms with Crippen LogP contribution in [0.1, 0.15) is 22.6 Å². The van der Waals surface area contributed by atoms with Crippen LogP contribution < -0.4 is 18.9 Å². The Kier molecular flexibility index (Phi) is 4.27. The van der Waals surface area contributed by atoms with Gasteiger partial charge in [0, 0.05) is 5.56 Å². The van der Waals surface area contributed by atoms with Crippen LogP contribution in [0, 0.1) is 35.2 Å². The molecule has 0 spiro atoms. The molecule has 0 aliphatic heterocycles. The summed E-state index contributed by atoms with van der Waals surface area (Å²) in [6.45, 7) is 0. The van der Waals surface area contributed by atoms with Gasteiger partial charge in [-0.1, -0.05) is 24.1 Å². The molecular formula is C15H6F5Li. The van der Waals surface area contributed by atoms with Crippen LogP contribution >= 0.6 is 0 Å². The molecule has 0 heterocycles. The summed E-state index contributed by atoms with van der Waals surface area (Å²) in [5.41, 5.74) is 0.222. The molecule has 21 heavy (non-hydrogen) atoms. The molecule has 2 aromatic rings. The summed E-state index contributed by atoms with van der Waals surface area (Å²) in [7, 11) is 0. The summed E-state index contributed by atoms with van der Waals surface area (Å²) < 4.78 is 67.0. The van der Waals surface area contributed by atoms with E-state index in [-0.39, 0.29) is 18.9 Å². The van der Waals surface area contributed by atoms with Gasteiger partial charge in [0.05, 0.1) is 0 Å². The molecule has 0 amide bonds. The van der Waals surface area contributed by atoms with Gasteiger partial charge in [0.2, 0.25) is 5.82 Å². The molecule has 3 rings (SSSR count). The van der Waals surface area contributed by atoms with E-state index >= 15 is 0 Å². The molecule has 1 atom stereocenters. The van der Waals surface area contributed by atoms with Crippen LogP contribution in [0.15, 0.2) is 24.3 Å². The van der Waals surface area contributed by atoms with E-state index in [1.807, 2.05) is 0 Å². The second-order valence-electron chi connectivity index (χ2n) is 4.36. The van der Waals surface area contributed by atoms with Crippen LogP contribution in [-0.4, -0.2) is 0 Å². The first-order valence-electron chi connectivity index (χ1n) is 5.72. The quantitative estimate of drug-likeness (QED) is 0.244. The molecule has 0 radical (unpaired) electrons. The van der Waals surface area contributed by atoms with Gasteiger partial charge in [-0.05, 0) is 0 Å². The largest absolute Gasteiger partial charge is 1.00 e. The van der Waals surface area contributed by atoms with E-state index in [4.69, 9.17) is 0 Å². The second-order valence-corrected chi connectivity index (χ2v) is 4.36. The molecule has 0 fully saturated rings. The minimum absolute atomic E-state index is 0. The molecule has 0 N–H and O–H groups in total. The van der Waals surface area contributed by atoms with E-state index in [9.17, 15) is 22.0 Å². The van der Waals surface area contributed by atoms with Crippen molar-refractivity contribution in [2.24, 2.45) is 0 Å². The Labute approximate surface area is 129 Å². The molecular weight excluding hydrogens is 282 g/mol. The van der Waals surface area contributed by atoms with Gasteiger partial charge in [-0.25, -0.2) is 28.0 Å². The first-order chi connectivity index (χ1) is 9.52. The molecule has 1 aliphatic carbocycles. The number of hydrogen-bond donors (Lipinski definition) is 0. The third-order valence-corrected chi connectivity index (χ3v) is 3.24. The van der Waals surface area contributed by atoms with E-state index in [2.05, 4.69) is 6.08 Å². The molecule has 6 heteroatoms. The summed E-state index contributed by atoms with van der Waals surface area (Å²) in [6.07, 6.45) is 4.10. The van der Waals surface area contributed by atoms with Gasteiger partial charge >= 0.3 is 18.9 Å². The maximum Gasteiger partial charge on any atom is 1.00 e. The molecule has 0 aromatic heterocycles. The standard InChI is InChI=1S/C15H6F5.Li/c16-11-10(12(17)14(19)15(20)13(11)18)9-6-5-7-3-1-2-4-8(7)9;/h1-5,9H;/q-1;+1. The molecule has 1 aliphatic rings. The van der Waals surface area contributed by atoms with E-state index < -0.39 is 40.6 Å². The maximum absolute atomic E-state index is 13.8. The Morgan fingerprint density at radius 3 is 1.90 bits per heavy atom. The van der Waals surface area contributed by atoms with Crippen molar-refractivity contribution in [1.82, 2.24) is 0 Å². The molecule has 0 saturated heterocycles. The van der Waals surface area contributed by atoms with Crippen molar-refractivity contribution in [3.8, 4) is 0 Å². The molecule has 0 bridgehead atoms. The van der Waals surface area contributed by atoms with Gasteiger partial charge in [0.15, 0.2) is 23.3 Å². The van der Waals surface area contributed by atoms with Crippen molar-refractivity contribution >= 4 is 6.08 Å². The van der Waals surface area contributed by atoms with Crippen LogP contribution in [0.2, 0.25) is 0 Å². The van der Waals surface area contributed by atoms with Crippen LogP contribution in [-0.2, 0) is 0 Å². The van der Waals surface area contributed by atoms with Crippen molar-refractivity contribution in [3.05, 3.63) is 76.1 Å². The monoisotopic (exact) mass is 288 g/mol. The average Bonchev–Trinajstić information content (AvgIpc) is 2.87. The minimum Gasteiger partial charge on any atom is -0.264 e. The second kappa shape index (κ2) is 5.67. The van der Waals surface area contributed by atoms with E-state index in [0.717, 1.165) is 0 Å². The molecule has 102 valence electrons. The Morgan fingerprint density at radius 2 is 1.29 bits per heavy atom. The fourth-order valence-corrected chi connectivity index (χ4v) is 2.28. The summed E-state index contributed by atoms with van der Waals surface area (Å²) in [5, 5.41) is 0. The molecule has 0 nitrogen and oxygen atoms in total. The molecule has 0 saturated carbocycles. The zero-order chi connectivity index (χ0) is 14.4. The third kappa shape index (κ3) is 2.31. The molecule has 1 unspecified atom stereocenters. The zero-order valence-corrected chi connectivity index (χ0v) is 10.9. The Bertz CT molecular complexity index is 710. The van der Waals surface area contributed by atoms with Gasteiger partial charge in [0.25, 0.3) is 0 Å². The van der Waals surface area contributed by atoms with Crippen molar-refractivity contribution in [1.29, 1.82) is 0 Å². The third-order valence-electron chi connectivity index (χ3n) is 3.24. The van der Waals surface area contributed by atoms with Crippen LogP contribution in [0.4, 0.5) is 22.0 Å². The van der Waals surface area contributed by atoms with Crippen molar-refractivity contribution in [3.63, 3.8) is 0 Å². The van der Waals surface area contributed by atoms with E-state index in [1.54, 1.807) is 24.3 Å². The van der Waals surface area contributed by atoms with Gasteiger partial charge in [0.1, 0.15) is 0 Å². The Balaban J connectivity index is 0.00000161. The van der Waals surface area contributed by atoms with Gasteiger partial charge < -0.3 is 0 Å². The normalized spacial score (nSPS) is 15.8. The fraction of sp³-hybridized carbons (Fsp3) is 0.0667. The van der Waals surface area contributed by atoms with Gasteiger partial charge in [-0.2, -0.15) is 5.56 Å². The van der Waals surface area contributed by atoms with E-state index in [1.165, 1.54) is 6.08 Å².